The molecule has 182 valence electrons. The van der Waals surface area contributed by atoms with E-state index in [1.54, 1.807) is 0 Å². The summed E-state index contributed by atoms with van der Waals surface area (Å²) < 4.78 is 0. The van der Waals surface area contributed by atoms with Crippen LogP contribution in [0, 0.1) is 0 Å². The number of amides is 2. The normalized spacial score (nSPS) is 10.3. The molecule has 4 aromatic carbocycles. The van der Waals surface area contributed by atoms with Crippen molar-refractivity contribution in [2.75, 3.05) is 32.8 Å². The Bertz CT molecular complexity index is 1150. The number of para-hydroxylation sites is 2. The summed E-state index contributed by atoms with van der Waals surface area (Å²) in [4.78, 5) is 24.5. The van der Waals surface area contributed by atoms with Crippen LogP contribution in [0.3, 0.4) is 0 Å². The molecule has 0 aromatic heterocycles. The summed E-state index contributed by atoms with van der Waals surface area (Å²) >= 11 is 1.43. The van der Waals surface area contributed by atoms with Gasteiger partial charge in [0, 0.05) is 46.3 Å². The third kappa shape index (κ3) is 8.21. The molecular weight excluding hydrogens is 468 g/mol. The van der Waals surface area contributed by atoms with Gasteiger partial charge in [-0.05, 0) is 72.8 Å². The van der Waals surface area contributed by atoms with E-state index in [0.29, 0.717) is 12.2 Å². The van der Waals surface area contributed by atoms with E-state index >= 15 is 0 Å². The zero-order valence-electron chi connectivity index (χ0n) is 19.7. The smallest absolute Gasteiger partial charge is 0.234 e. The number of nitrogens with one attached hydrogen (secondary N) is 4. The maximum atomic E-state index is 12.2. The molecule has 4 N–H and O–H groups in total. The summed E-state index contributed by atoms with van der Waals surface area (Å²) in [6.45, 7) is 0. The number of hydrogen-bond acceptors (Lipinski definition) is 5. The maximum Gasteiger partial charge on any atom is 0.234 e. The monoisotopic (exact) mass is 496 g/mol. The third-order valence-corrected chi connectivity index (χ3v) is 6.13. The Hall–Kier alpha value is -4.23. The largest absolute Gasteiger partial charge is 0.356 e. The molecule has 0 saturated heterocycles. The topological polar surface area (TPSA) is 82.3 Å². The molecule has 0 heterocycles. The Morgan fingerprint density at radius 2 is 0.889 bits per heavy atom. The first-order valence-electron chi connectivity index (χ1n) is 11.7. The minimum atomic E-state index is -0.0920. The molecule has 0 saturated carbocycles. The molecule has 6 nitrogen and oxygen atoms in total. The Morgan fingerprint density at radius 3 is 1.36 bits per heavy atom. The van der Waals surface area contributed by atoms with Gasteiger partial charge in [-0.25, -0.2) is 0 Å². The van der Waals surface area contributed by atoms with Crippen LogP contribution in [0.2, 0.25) is 0 Å². The van der Waals surface area contributed by atoms with Gasteiger partial charge in [0.15, 0.2) is 0 Å². The van der Waals surface area contributed by atoms with Crippen molar-refractivity contribution in [1.82, 2.24) is 0 Å². The fourth-order valence-corrected chi connectivity index (χ4v) is 4.13. The quantitative estimate of drug-likeness (QED) is 0.170. The minimum absolute atomic E-state index is 0.0758. The lowest BCUT2D eigenvalue weighted by Crippen LogP contribution is -2.16. The summed E-state index contributed by atoms with van der Waals surface area (Å²) in [6.07, 6.45) is 0.335. The highest BCUT2D eigenvalue weighted by Gasteiger charge is 2.06. The molecule has 0 aliphatic carbocycles. The highest BCUT2D eigenvalue weighted by Crippen LogP contribution is 2.20. The molecule has 0 aliphatic rings. The van der Waals surface area contributed by atoms with Crippen LogP contribution in [0.1, 0.15) is 6.42 Å². The predicted octanol–water partition coefficient (Wildman–Crippen LogP) is 6.87. The van der Waals surface area contributed by atoms with Gasteiger partial charge >= 0.3 is 0 Å². The van der Waals surface area contributed by atoms with E-state index in [2.05, 4.69) is 21.3 Å². The van der Waals surface area contributed by atoms with Crippen molar-refractivity contribution < 1.29 is 9.59 Å². The molecule has 4 rings (SSSR count). The second kappa shape index (κ2) is 13.0. The molecule has 2 amide bonds. The number of carbonyl (C=O) groups is 2. The lowest BCUT2D eigenvalue weighted by atomic mass is 10.2. The summed E-state index contributed by atoms with van der Waals surface area (Å²) in [5.41, 5.74) is 5.39. The van der Waals surface area contributed by atoms with Crippen molar-refractivity contribution in [1.29, 1.82) is 0 Å². The van der Waals surface area contributed by atoms with Gasteiger partial charge in [0.25, 0.3) is 0 Å². The van der Waals surface area contributed by atoms with Crippen LogP contribution >= 0.6 is 11.8 Å². The number of anilines is 6. The second-order valence-corrected chi connectivity index (χ2v) is 9.14. The zero-order chi connectivity index (χ0) is 25.0. The van der Waals surface area contributed by atoms with Gasteiger partial charge in [-0.1, -0.05) is 36.4 Å². The average Bonchev–Trinajstić information content (AvgIpc) is 2.90. The van der Waals surface area contributed by atoms with Gasteiger partial charge in [-0.3, -0.25) is 9.59 Å². The molecule has 0 unspecified atom stereocenters. The Kier molecular flexibility index (Phi) is 9.00. The van der Waals surface area contributed by atoms with Crippen LogP contribution in [-0.2, 0) is 9.59 Å². The number of carbonyl (C=O) groups excluding carboxylic acids is 2. The van der Waals surface area contributed by atoms with Crippen molar-refractivity contribution in [3.8, 4) is 0 Å². The van der Waals surface area contributed by atoms with E-state index in [4.69, 9.17) is 0 Å². The number of benzene rings is 4. The van der Waals surface area contributed by atoms with E-state index in [-0.39, 0.29) is 17.6 Å². The van der Waals surface area contributed by atoms with Gasteiger partial charge in [-0.15, -0.1) is 0 Å². The SMILES string of the molecule is O=C(CCSCC(=O)Nc1ccc(Nc2ccccc2)cc1)Nc1ccc(Nc2ccccc2)cc1. The van der Waals surface area contributed by atoms with E-state index < -0.39 is 0 Å². The average molecular weight is 497 g/mol. The van der Waals surface area contributed by atoms with E-state index in [1.165, 1.54) is 11.8 Å². The molecule has 7 heteroatoms. The van der Waals surface area contributed by atoms with Gasteiger partial charge in [0.05, 0.1) is 5.75 Å². The molecule has 0 radical (unpaired) electrons. The van der Waals surface area contributed by atoms with Gasteiger partial charge in [0.1, 0.15) is 0 Å². The van der Waals surface area contributed by atoms with E-state index in [1.807, 2.05) is 109 Å². The predicted molar refractivity (Wildman–Crippen MR) is 152 cm³/mol. The molecule has 0 spiro atoms. The summed E-state index contributed by atoms with van der Waals surface area (Å²) in [7, 11) is 0. The molecule has 36 heavy (non-hydrogen) atoms. The first-order chi connectivity index (χ1) is 17.6. The van der Waals surface area contributed by atoms with Crippen LogP contribution < -0.4 is 21.3 Å². The number of rotatable bonds is 11. The first kappa shape index (κ1) is 24.9. The highest BCUT2D eigenvalue weighted by molar-refractivity contribution is 7.99. The summed E-state index contributed by atoms with van der Waals surface area (Å²) in [5.74, 6) is 0.683. The number of hydrogen-bond donors (Lipinski definition) is 4. The maximum absolute atomic E-state index is 12.2. The Morgan fingerprint density at radius 1 is 0.500 bits per heavy atom. The van der Waals surface area contributed by atoms with Crippen molar-refractivity contribution in [3.63, 3.8) is 0 Å². The fourth-order valence-electron chi connectivity index (χ4n) is 3.40. The lowest BCUT2D eigenvalue weighted by Gasteiger charge is -2.09. The highest BCUT2D eigenvalue weighted by atomic mass is 32.2. The van der Waals surface area contributed by atoms with Gasteiger partial charge in [-0.2, -0.15) is 11.8 Å². The van der Waals surface area contributed by atoms with Crippen molar-refractivity contribution in [2.24, 2.45) is 0 Å². The van der Waals surface area contributed by atoms with Crippen LogP contribution in [0.15, 0.2) is 109 Å². The molecule has 0 bridgehead atoms. The fraction of sp³-hybridized carbons (Fsp3) is 0.103. The minimum Gasteiger partial charge on any atom is -0.356 e. The van der Waals surface area contributed by atoms with Crippen LogP contribution in [-0.4, -0.2) is 23.3 Å². The van der Waals surface area contributed by atoms with Gasteiger partial charge in [0.2, 0.25) is 11.8 Å². The number of thioether (sulfide) groups is 1. The van der Waals surface area contributed by atoms with E-state index in [0.717, 1.165) is 34.1 Å². The third-order valence-electron chi connectivity index (χ3n) is 5.17. The van der Waals surface area contributed by atoms with Crippen molar-refractivity contribution in [3.05, 3.63) is 109 Å². The van der Waals surface area contributed by atoms with Crippen molar-refractivity contribution >= 4 is 57.7 Å². The van der Waals surface area contributed by atoms with Crippen molar-refractivity contribution in [2.45, 2.75) is 6.42 Å². The molecule has 0 fully saturated rings. The standard InChI is InChI=1S/C29H28N4O2S/c34-28(32-26-15-11-24(12-16-26)30-22-7-3-1-4-8-22)19-20-36-21-29(35)33-27-17-13-25(14-18-27)31-23-9-5-2-6-10-23/h1-18,30-31H,19-21H2,(H,32,34)(H,33,35). The molecule has 0 atom stereocenters. The molecule has 4 aromatic rings. The Balaban J connectivity index is 1.12. The van der Waals surface area contributed by atoms with Crippen LogP contribution in [0.25, 0.3) is 0 Å². The Labute approximate surface area is 215 Å². The van der Waals surface area contributed by atoms with Gasteiger partial charge < -0.3 is 21.3 Å². The zero-order valence-corrected chi connectivity index (χ0v) is 20.6. The molecule has 0 aliphatic heterocycles. The lowest BCUT2D eigenvalue weighted by molar-refractivity contribution is -0.116. The van der Waals surface area contributed by atoms with E-state index in [9.17, 15) is 9.59 Å². The van der Waals surface area contributed by atoms with Crippen LogP contribution in [0.4, 0.5) is 34.1 Å². The first-order valence-corrected chi connectivity index (χ1v) is 12.8. The summed E-state index contributed by atoms with van der Waals surface area (Å²) in [6, 6.07) is 35.0. The molecular formula is C29H28N4O2S. The van der Waals surface area contributed by atoms with Crippen LogP contribution in [0.5, 0.6) is 0 Å². The summed E-state index contributed by atoms with van der Waals surface area (Å²) in [5, 5.41) is 12.4. The second-order valence-electron chi connectivity index (χ2n) is 8.04.